The lowest BCUT2D eigenvalue weighted by molar-refractivity contribution is -0.176. The molecule has 42 heavy (non-hydrogen) atoms. The summed E-state index contributed by atoms with van der Waals surface area (Å²) in [5.74, 6) is -4.20. The van der Waals surface area contributed by atoms with Crippen LogP contribution >= 0.6 is 0 Å². The zero-order chi connectivity index (χ0) is 30.8. The first-order valence-corrected chi connectivity index (χ1v) is 13.7. The lowest BCUT2D eigenvalue weighted by Gasteiger charge is -2.29. The zero-order valence-corrected chi connectivity index (χ0v) is 24.7. The summed E-state index contributed by atoms with van der Waals surface area (Å²) >= 11 is 0. The van der Waals surface area contributed by atoms with Crippen LogP contribution in [0.25, 0.3) is 0 Å². The standard InChI is InChI=1S/C30H38N2O10/c1-17(2)28(34)42-25-19(5)41-30(36)22(15-38-29(35)21(25)14-20-10-8-7-9-11-20)32-27(33)24-26(40-16-39-18(3)4)23(37-6)12-13-31-24/h7-13,17-19,21-22,25H,14-16H2,1-6H3,(H,32,33)/t19-,21?,22-,25-/m0/s1. The van der Waals surface area contributed by atoms with E-state index in [1.54, 1.807) is 13.8 Å². The van der Waals surface area contributed by atoms with E-state index in [1.165, 1.54) is 26.3 Å². The normalized spacial score (nSPS) is 21.0. The Kier molecular flexibility index (Phi) is 11.7. The van der Waals surface area contributed by atoms with Gasteiger partial charge < -0.3 is 33.7 Å². The minimum atomic E-state index is -1.39. The fourth-order valence-corrected chi connectivity index (χ4v) is 4.10. The van der Waals surface area contributed by atoms with Crippen molar-refractivity contribution in [3.8, 4) is 11.5 Å². The van der Waals surface area contributed by atoms with Crippen LogP contribution in [0.4, 0.5) is 0 Å². The number of benzene rings is 1. The predicted octanol–water partition coefficient (Wildman–Crippen LogP) is 2.87. The Morgan fingerprint density at radius 3 is 2.43 bits per heavy atom. The molecule has 0 aliphatic carbocycles. The molecule has 0 radical (unpaired) electrons. The molecule has 3 rings (SSSR count). The summed E-state index contributed by atoms with van der Waals surface area (Å²) in [5, 5.41) is 2.51. The van der Waals surface area contributed by atoms with Gasteiger partial charge in [-0.25, -0.2) is 9.78 Å². The lowest BCUT2D eigenvalue weighted by atomic mass is 9.91. The van der Waals surface area contributed by atoms with E-state index >= 15 is 0 Å². The number of nitrogens with zero attached hydrogens (tertiary/aromatic N) is 1. The van der Waals surface area contributed by atoms with E-state index in [-0.39, 0.29) is 36.5 Å². The van der Waals surface area contributed by atoms with Gasteiger partial charge >= 0.3 is 17.9 Å². The Labute approximate surface area is 245 Å². The summed E-state index contributed by atoms with van der Waals surface area (Å²) in [7, 11) is 1.40. The van der Waals surface area contributed by atoms with Gasteiger partial charge in [0.15, 0.2) is 36.1 Å². The van der Waals surface area contributed by atoms with E-state index in [4.69, 9.17) is 28.4 Å². The van der Waals surface area contributed by atoms with Crippen LogP contribution in [0.2, 0.25) is 0 Å². The second kappa shape index (κ2) is 15.2. The summed E-state index contributed by atoms with van der Waals surface area (Å²) < 4.78 is 33.2. The molecule has 228 valence electrons. The molecule has 1 aromatic heterocycles. The van der Waals surface area contributed by atoms with Crippen LogP contribution in [-0.4, -0.2) is 73.7 Å². The molecule has 1 fully saturated rings. The van der Waals surface area contributed by atoms with Crippen LogP contribution in [-0.2, 0) is 39.8 Å². The van der Waals surface area contributed by atoms with Gasteiger partial charge in [0.05, 0.1) is 19.1 Å². The molecular formula is C30H38N2O10. The van der Waals surface area contributed by atoms with Gasteiger partial charge in [-0.2, -0.15) is 0 Å². The first-order chi connectivity index (χ1) is 20.0. The molecule has 1 saturated heterocycles. The predicted molar refractivity (Wildman–Crippen MR) is 149 cm³/mol. The molecular weight excluding hydrogens is 548 g/mol. The van der Waals surface area contributed by atoms with Crippen LogP contribution in [0.15, 0.2) is 42.6 Å². The molecule has 1 amide bonds. The highest BCUT2D eigenvalue weighted by molar-refractivity contribution is 5.98. The number of hydrogen-bond donors (Lipinski definition) is 1. The fourth-order valence-electron chi connectivity index (χ4n) is 4.10. The second-order valence-electron chi connectivity index (χ2n) is 10.3. The molecule has 12 heteroatoms. The smallest absolute Gasteiger partial charge is 0.332 e. The zero-order valence-electron chi connectivity index (χ0n) is 24.7. The summed E-state index contributed by atoms with van der Waals surface area (Å²) in [6, 6.07) is 9.24. The number of cyclic esters (lactones) is 2. The number of rotatable bonds is 11. The number of nitrogens with one attached hydrogen (secondary N) is 1. The third-order valence-corrected chi connectivity index (χ3v) is 6.38. The lowest BCUT2D eigenvalue weighted by Crippen LogP contribution is -2.47. The number of hydrogen-bond acceptors (Lipinski definition) is 11. The molecule has 1 aliphatic heterocycles. The van der Waals surface area contributed by atoms with Crippen LogP contribution < -0.4 is 14.8 Å². The van der Waals surface area contributed by atoms with E-state index in [2.05, 4.69) is 10.3 Å². The molecule has 0 spiro atoms. The van der Waals surface area contributed by atoms with Crippen molar-refractivity contribution in [1.29, 1.82) is 0 Å². The van der Waals surface area contributed by atoms with Crippen molar-refractivity contribution < 1.29 is 47.6 Å². The summed E-state index contributed by atoms with van der Waals surface area (Å²) in [6.45, 7) is 7.77. The van der Waals surface area contributed by atoms with Crippen molar-refractivity contribution in [2.75, 3.05) is 20.5 Å². The quantitative estimate of drug-likeness (QED) is 0.235. The third kappa shape index (κ3) is 8.65. The van der Waals surface area contributed by atoms with Gasteiger partial charge in [-0.05, 0) is 32.8 Å². The molecule has 1 aromatic carbocycles. The van der Waals surface area contributed by atoms with Crippen molar-refractivity contribution in [3.63, 3.8) is 0 Å². The second-order valence-corrected chi connectivity index (χ2v) is 10.3. The van der Waals surface area contributed by atoms with Crippen molar-refractivity contribution in [2.24, 2.45) is 11.8 Å². The van der Waals surface area contributed by atoms with E-state index in [0.717, 1.165) is 5.56 Å². The van der Waals surface area contributed by atoms with E-state index in [0.29, 0.717) is 0 Å². The highest BCUT2D eigenvalue weighted by Crippen LogP contribution is 2.30. The Hall–Kier alpha value is -4.19. The average molecular weight is 587 g/mol. The molecule has 1 unspecified atom stereocenters. The minimum absolute atomic E-state index is 0.00327. The number of amides is 1. The molecule has 1 aliphatic rings. The monoisotopic (exact) mass is 586 g/mol. The Morgan fingerprint density at radius 2 is 1.79 bits per heavy atom. The number of carbonyl (C=O) groups is 4. The Morgan fingerprint density at radius 1 is 1.07 bits per heavy atom. The van der Waals surface area contributed by atoms with Crippen molar-refractivity contribution in [2.45, 2.75) is 65.4 Å². The van der Waals surface area contributed by atoms with Crippen molar-refractivity contribution in [3.05, 3.63) is 53.9 Å². The maximum Gasteiger partial charge on any atom is 0.332 e. The van der Waals surface area contributed by atoms with Crippen molar-refractivity contribution >= 4 is 23.8 Å². The van der Waals surface area contributed by atoms with Crippen LogP contribution in [0.3, 0.4) is 0 Å². The number of pyridine rings is 1. The summed E-state index contributed by atoms with van der Waals surface area (Å²) in [6.07, 6.45) is -0.797. The van der Waals surface area contributed by atoms with E-state index < -0.39 is 60.5 Å². The first kappa shape index (κ1) is 32.3. The first-order valence-electron chi connectivity index (χ1n) is 13.7. The SMILES string of the molecule is COc1ccnc(C(=O)N[C@H]2COC(=O)C(Cc3ccccc3)[C@@H](OC(=O)C(C)C)[C@H](C)OC2=O)c1OCOC(C)C. The highest BCUT2D eigenvalue weighted by Gasteiger charge is 2.42. The minimum Gasteiger partial charge on any atom is -0.493 e. The van der Waals surface area contributed by atoms with Gasteiger partial charge in [0.2, 0.25) is 0 Å². The highest BCUT2D eigenvalue weighted by atomic mass is 16.7. The molecule has 0 bridgehead atoms. The Bertz CT molecular complexity index is 1230. The topological polar surface area (TPSA) is 149 Å². The van der Waals surface area contributed by atoms with Gasteiger partial charge in [-0.15, -0.1) is 0 Å². The summed E-state index contributed by atoms with van der Waals surface area (Å²) in [4.78, 5) is 56.6. The number of esters is 3. The molecule has 1 N–H and O–H groups in total. The third-order valence-electron chi connectivity index (χ3n) is 6.38. The molecule has 2 heterocycles. The largest absolute Gasteiger partial charge is 0.493 e. The summed E-state index contributed by atoms with van der Waals surface area (Å²) in [5.41, 5.74) is 0.616. The molecule has 4 atom stereocenters. The molecule has 2 aromatic rings. The number of methoxy groups -OCH3 is 1. The number of aromatic nitrogens is 1. The average Bonchev–Trinajstić information content (AvgIpc) is 2.99. The van der Waals surface area contributed by atoms with Gasteiger partial charge in [0, 0.05) is 12.3 Å². The Balaban J connectivity index is 1.86. The van der Waals surface area contributed by atoms with Gasteiger partial charge in [-0.3, -0.25) is 14.4 Å². The van der Waals surface area contributed by atoms with Gasteiger partial charge in [0.25, 0.3) is 5.91 Å². The van der Waals surface area contributed by atoms with Crippen molar-refractivity contribution in [1.82, 2.24) is 10.3 Å². The fraction of sp³-hybridized carbons (Fsp3) is 0.500. The van der Waals surface area contributed by atoms with Crippen LogP contribution in [0.5, 0.6) is 11.5 Å². The van der Waals surface area contributed by atoms with Gasteiger partial charge in [0.1, 0.15) is 18.6 Å². The van der Waals surface area contributed by atoms with E-state index in [1.807, 2.05) is 44.2 Å². The number of carbonyl (C=O) groups excluding carboxylic acids is 4. The van der Waals surface area contributed by atoms with Crippen LogP contribution in [0, 0.1) is 11.8 Å². The maximum absolute atomic E-state index is 13.4. The van der Waals surface area contributed by atoms with E-state index in [9.17, 15) is 19.2 Å². The van der Waals surface area contributed by atoms with Gasteiger partial charge in [-0.1, -0.05) is 44.2 Å². The molecule has 12 nitrogen and oxygen atoms in total. The number of ether oxygens (including phenoxy) is 6. The maximum atomic E-state index is 13.4. The molecule has 0 saturated carbocycles. The van der Waals surface area contributed by atoms with Crippen LogP contribution in [0.1, 0.15) is 50.7 Å².